The molecule has 0 atom stereocenters. The van der Waals surface area contributed by atoms with Gasteiger partial charge < -0.3 is 10.1 Å². The number of hydrogen-bond acceptors (Lipinski definition) is 4. The predicted molar refractivity (Wildman–Crippen MR) is 49.3 cm³/mol. The van der Waals surface area contributed by atoms with E-state index in [4.69, 9.17) is 10.00 Å². The van der Waals surface area contributed by atoms with Crippen LogP contribution in [-0.2, 0) is 4.74 Å². The van der Waals surface area contributed by atoms with Crippen LogP contribution >= 0.6 is 0 Å². The molecule has 0 saturated carbocycles. The van der Waals surface area contributed by atoms with Gasteiger partial charge in [0.15, 0.2) is 0 Å². The first kappa shape index (κ1) is 9.49. The average Bonchev–Trinajstić information content (AvgIpc) is 2.19. The third-order valence-electron chi connectivity index (χ3n) is 1.48. The van der Waals surface area contributed by atoms with Crippen LogP contribution in [0, 0.1) is 11.3 Å². The highest BCUT2D eigenvalue weighted by atomic mass is 16.5. The highest BCUT2D eigenvalue weighted by Crippen LogP contribution is 2.02. The fourth-order valence-corrected chi connectivity index (χ4v) is 0.877. The third-order valence-corrected chi connectivity index (χ3v) is 1.48. The predicted octanol–water partition coefficient (Wildman–Crippen LogP) is 1.01. The van der Waals surface area contributed by atoms with Crippen molar-refractivity contribution in [3.05, 3.63) is 23.9 Å². The Morgan fingerprint density at radius 3 is 3.15 bits per heavy atom. The Labute approximate surface area is 77.2 Å². The van der Waals surface area contributed by atoms with Crippen LogP contribution < -0.4 is 5.32 Å². The van der Waals surface area contributed by atoms with Crippen molar-refractivity contribution in [1.29, 1.82) is 5.26 Å². The van der Waals surface area contributed by atoms with Gasteiger partial charge in [-0.1, -0.05) is 6.07 Å². The number of aromatic nitrogens is 1. The van der Waals surface area contributed by atoms with Gasteiger partial charge in [-0.25, -0.2) is 4.98 Å². The SMILES string of the molecule is COCCNc1cccc(C#N)n1. The molecule has 0 aromatic carbocycles. The molecule has 4 nitrogen and oxygen atoms in total. The van der Waals surface area contributed by atoms with Crippen molar-refractivity contribution in [3.63, 3.8) is 0 Å². The van der Waals surface area contributed by atoms with Crippen LogP contribution in [0.15, 0.2) is 18.2 Å². The maximum Gasteiger partial charge on any atom is 0.142 e. The molecule has 0 unspecified atom stereocenters. The van der Waals surface area contributed by atoms with E-state index in [1.807, 2.05) is 12.1 Å². The number of nitrogens with one attached hydrogen (secondary N) is 1. The number of nitriles is 1. The quantitative estimate of drug-likeness (QED) is 0.697. The second-order valence-electron chi connectivity index (χ2n) is 2.44. The summed E-state index contributed by atoms with van der Waals surface area (Å²) in [4.78, 5) is 4.04. The molecular weight excluding hydrogens is 166 g/mol. The second kappa shape index (κ2) is 5.12. The minimum atomic E-state index is 0.419. The first-order chi connectivity index (χ1) is 6.36. The Hall–Kier alpha value is -1.60. The van der Waals surface area contributed by atoms with Gasteiger partial charge in [0.2, 0.25) is 0 Å². The lowest BCUT2D eigenvalue weighted by Gasteiger charge is -2.03. The number of rotatable bonds is 4. The molecule has 1 heterocycles. The topological polar surface area (TPSA) is 57.9 Å². The lowest BCUT2D eigenvalue weighted by Crippen LogP contribution is -2.08. The van der Waals surface area contributed by atoms with Crippen molar-refractivity contribution in [2.45, 2.75) is 0 Å². The van der Waals surface area contributed by atoms with Crippen LogP contribution in [0.25, 0.3) is 0 Å². The molecule has 1 aromatic heterocycles. The van der Waals surface area contributed by atoms with Gasteiger partial charge in [0.05, 0.1) is 6.61 Å². The van der Waals surface area contributed by atoms with E-state index in [0.717, 1.165) is 0 Å². The minimum Gasteiger partial charge on any atom is -0.383 e. The number of nitrogens with zero attached hydrogens (tertiary/aromatic N) is 2. The third kappa shape index (κ3) is 3.09. The fourth-order valence-electron chi connectivity index (χ4n) is 0.877. The average molecular weight is 177 g/mol. The van der Waals surface area contributed by atoms with Gasteiger partial charge >= 0.3 is 0 Å². The van der Waals surface area contributed by atoms with E-state index in [2.05, 4.69) is 10.3 Å². The lowest BCUT2D eigenvalue weighted by molar-refractivity contribution is 0.210. The van der Waals surface area contributed by atoms with E-state index in [1.165, 1.54) is 0 Å². The molecule has 1 N–H and O–H groups in total. The van der Waals surface area contributed by atoms with E-state index in [0.29, 0.717) is 24.7 Å². The van der Waals surface area contributed by atoms with Crippen LogP contribution in [-0.4, -0.2) is 25.2 Å². The number of pyridine rings is 1. The number of methoxy groups -OCH3 is 1. The molecular formula is C9H11N3O. The van der Waals surface area contributed by atoms with E-state index in [-0.39, 0.29) is 0 Å². The Bertz CT molecular complexity index is 306. The van der Waals surface area contributed by atoms with Crippen molar-refractivity contribution >= 4 is 5.82 Å². The standard InChI is InChI=1S/C9H11N3O/c1-13-6-5-11-9-4-2-3-8(7-10)12-9/h2-4H,5-6H2,1H3,(H,11,12). The first-order valence-corrected chi connectivity index (χ1v) is 3.97. The van der Waals surface area contributed by atoms with Crippen molar-refractivity contribution in [1.82, 2.24) is 4.98 Å². The van der Waals surface area contributed by atoms with Gasteiger partial charge in [-0.3, -0.25) is 0 Å². The molecule has 0 fully saturated rings. The zero-order valence-corrected chi connectivity index (χ0v) is 7.45. The molecule has 0 radical (unpaired) electrons. The van der Waals surface area contributed by atoms with Crippen LogP contribution in [0.1, 0.15) is 5.69 Å². The maximum atomic E-state index is 8.57. The molecule has 13 heavy (non-hydrogen) atoms. The van der Waals surface area contributed by atoms with Gasteiger partial charge in [0, 0.05) is 13.7 Å². The first-order valence-electron chi connectivity index (χ1n) is 3.97. The van der Waals surface area contributed by atoms with E-state index >= 15 is 0 Å². The zero-order valence-electron chi connectivity index (χ0n) is 7.45. The Kier molecular flexibility index (Phi) is 3.74. The van der Waals surface area contributed by atoms with Crippen molar-refractivity contribution in [2.24, 2.45) is 0 Å². The number of anilines is 1. The Balaban J connectivity index is 2.52. The largest absolute Gasteiger partial charge is 0.383 e. The molecule has 1 rings (SSSR count). The summed E-state index contributed by atoms with van der Waals surface area (Å²) < 4.78 is 4.86. The molecule has 0 spiro atoms. The van der Waals surface area contributed by atoms with Crippen LogP contribution in [0.2, 0.25) is 0 Å². The molecule has 4 heteroatoms. The highest BCUT2D eigenvalue weighted by Gasteiger charge is 1.94. The fraction of sp³-hybridized carbons (Fsp3) is 0.333. The van der Waals surface area contributed by atoms with Crippen molar-refractivity contribution in [2.75, 3.05) is 25.6 Å². The molecule has 0 aliphatic rings. The van der Waals surface area contributed by atoms with E-state index in [9.17, 15) is 0 Å². The molecule has 68 valence electrons. The second-order valence-corrected chi connectivity index (χ2v) is 2.44. The normalized spacial score (nSPS) is 9.23. The van der Waals surface area contributed by atoms with Gasteiger partial charge in [0.1, 0.15) is 17.6 Å². The van der Waals surface area contributed by atoms with Crippen molar-refractivity contribution in [3.8, 4) is 6.07 Å². The summed E-state index contributed by atoms with van der Waals surface area (Å²) in [6.45, 7) is 1.32. The van der Waals surface area contributed by atoms with Crippen molar-refractivity contribution < 1.29 is 4.74 Å². The maximum absolute atomic E-state index is 8.57. The van der Waals surface area contributed by atoms with E-state index < -0.39 is 0 Å². The minimum absolute atomic E-state index is 0.419. The number of ether oxygens (including phenoxy) is 1. The summed E-state index contributed by atoms with van der Waals surface area (Å²) in [6.07, 6.45) is 0. The number of hydrogen-bond donors (Lipinski definition) is 1. The van der Waals surface area contributed by atoms with Gasteiger partial charge in [0.25, 0.3) is 0 Å². The van der Waals surface area contributed by atoms with Gasteiger partial charge in [-0.05, 0) is 12.1 Å². The van der Waals surface area contributed by atoms with Crippen LogP contribution in [0.5, 0.6) is 0 Å². The summed E-state index contributed by atoms with van der Waals surface area (Å²) in [6, 6.07) is 7.25. The Morgan fingerprint density at radius 1 is 1.62 bits per heavy atom. The summed E-state index contributed by atoms with van der Waals surface area (Å²) in [5.41, 5.74) is 0.419. The summed E-state index contributed by atoms with van der Waals surface area (Å²) in [5, 5.41) is 11.6. The van der Waals surface area contributed by atoms with Gasteiger partial charge in [-0.2, -0.15) is 5.26 Å². The molecule has 1 aromatic rings. The lowest BCUT2D eigenvalue weighted by atomic mass is 10.3. The smallest absolute Gasteiger partial charge is 0.142 e. The monoisotopic (exact) mass is 177 g/mol. The molecule has 0 amide bonds. The zero-order chi connectivity index (χ0) is 9.52. The summed E-state index contributed by atoms with van der Waals surface area (Å²) >= 11 is 0. The molecule has 0 aliphatic heterocycles. The highest BCUT2D eigenvalue weighted by molar-refractivity contribution is 5.38. The molecule has 0 aliphatic carbocycles. The summed E-state index contributed by atoms with van der Waals surface area (Å²) in [7, 11) is 1.64. The Morgan fingerprint density at radius 2 is 2.46 bits per heavy atom. The molecule has 0 saturated heterocycles. The van der Waals surface area contributed by atoms with Gasteiger partial charge in [-0.15, -0.1) is 0 Å². The summed E-state index contributed by atoms with van der Waals surface area (Å²) in [5.74, 6) is 0.705. The van der Waals surface area contributed by atoms with Crippen LogP contribution in [0.3, 0.4) is 0 Å². The van der Waals surface area contributed by atoms with E-state index in [1.54, 1.807) is 19.2 Å². The molecule has 0 bridgehead atoms. The van der Waals surface area contributed by atoms with Crippen LogP contribution in [0.4, 0.5) is 5.82 Å².